The number of carbonyl (C=O) groups is 2. The quantitative estimate of drug-likeness (QED) is 0.558. The molecule has 3 amide bonds. The lowest BCUT2D eigenvalue weighted by atomic mass is 9.92. The van der Waals surface area contributed by atoms with E-state index in [1.807, 2.05) is 24.3 Å². The molecule has 2 aliphatic heterocycles. The highest BCUT2D eigenvalue weighted by molar-refractivity contribution is 6.07. The van der Waals surface area contributed by atoms with Crippen LogP contribution in [0.2, 0.25) is 0 Å². The third-order valence-electron chi connectivity index (χ3n) is 5.17. The maximum absolute atomic E-state index is 13.0. The summed E-state index contributed by atoms with van der Waals surface area (Å²) < 4.78 is 11.1. The van der Waals surface area contributed by atoms with Crippen molar-refractivity contribution in [1.82, 2.24) is 15.1 Å². The molecule has 1 aromatic carbocycles. The van der Waals surface area contributed by atoms with E-state index in [1.165, 1.54) is 4.90 Å². The van der Waals surface area contributed by atoms with E-state index >= 15 is 0 Å². The summed E-state index contributed by atoms with van der Waals surface area (Å²) in [4.78, 5) is 28.8. The Balaban J connectivity index is 1.64. The zero-order chi connectivity index (χ0) is 19.3. The monoisotopic (exact) mass is 375 g/mol. The van der Waals surface area contributed by atoms with E-state index in [-0.39, 0.29) is 11.9 Å². The number of hydrogen-bond acceptors (Lipinski definition) is 5. The molecule has 7 nitrogen and oxygen atoms in total. The van der Waals surface area contributed by atoms with Gasteiger partial charge in [-0.15, -0.1) is 0 Å². The summed E-state index contributed by atoms with van der Waals surface area (Å²) in [5.74, 6) is 0.552. The van der Waals surface area contributed by atoms with Crippen LogP contribution < -0.4 is 10.1 Å². The van der Waals surface area contributed by atoms with Gasteiger partial charge in [0.15, 0.2) is 0 Å². The van der Waals surface area contributed by atoms with Crippen molar-refractivity contribution in [2.24, 2.45) is 0 Å². The number of nitrogens with one attached hydrogen (secondary N) is 1. The first-order chi connectivity index (χ1) is 13.0. The number of hydrogen-bond donors (Lipinski definition) is 1. The highest BCUT2D eigenvalue weighted by Gasteiger charge is 2.49. The Morgan fingerprint density at radius 2 is 1.85 bits per heavy atom. The standard InChI is InChI=1S/C20H29N3O4/c1-3-4-5-12-27-17-8-6-16(7-9-17)20(2)18(24)23(19(25)21-20)15-22-10-13-26-14-11-22/h6-9H,3-5,10-15H2,1-2H3,(H,21,25). The van der Waals surface area contributed by atoms with Crippen molar-refractivity contribution in [3.8, 4) is 5.75 Å². The summed E-state index contributed by atoms with van der Waals surface area (Å²) in [6, 6.07) is 7.07. The van der Waals surface area contributed by atoms with Crippen molar-refractivity contribution >= 4 is 11.9 Å². The highest BCUT2D eigenvalue weighted by atomic mass is 16.5. The number of nitrogens with zero attached hydrogens (tertiary/aromatic N) is 2. The Kier molecular flexibility index (Phi) is 6.34. The lowest BCUT2D eigenvalue weighted by Gasteiger charge is -2.30. The second-order valence-electron chi connectivity index (χ2n) is 7.24. The van der Waals surface area contributed by atoms with Crippen molar-refractivity contribution in [3.63, 3.8) is 0 Å². The largest absolute Gasteiger partial charge is 0.494 e. The van der Waals surface area contributed by atoms with Crippen LogP contribution in [0.25, 0.3) is 0 Å². The topological polar surface area (TPSA) is 71.1 Å². The molecule has 0 radical (unpaired) electrons. The van der Waals surface area contributed by atoms with Gasteiger partial charge < -0.3 is 14.8 Å². The molecule has 0 aliphatic carbocycles. The van der Waals surface area contributed by atoms with E-state index in [2.05, 4.69) is 17.1 Å². The number of urea groups is 1. The van der Waals surface area contributed by atoms with Crippen LogP contribution in [-0.2, 0) is 15.1 Å². The van der Waals surface area contributed by atoms with Gasteiger partial charge in [-0.25, -0.2) is 9.69 Å². The van der Waals surface area contributed by atoms with Crippen molar-refractivity contribution in [2.45, 2.75) is 38.6 Å². The molecule has 2 fully saturated rings. The summed E-state index contributed by atoms with van der Waals surface area (Å²) in [5.41, 5.74) is -0.296. The van der Waals surface area contributed by atoms with Crippen molar-refractivity contribution in [2.75, 3.05) is 39.6 Å². The lowest BCUT2D eigenvalue weighted by Crippen LogP contribution is -2.47. The van der Waals surface area contributed by atoms with Crippen molar-refractivity contribution in [3.05, 3.63) is 29.8 Å². The Hall–Kier alpha value is -2.12. The highest BCUT2D eigenvalue weighted by Crippen LogP contribution is 2.30. The molecule has 2 saturated heterocycles. The molecular formula is C20H29N3O4. The van der Waals surface area contributed by atoms with E-state index in [1.54, 1.807) is 6.92 Å². The number of amides is 3. The van der Waals surface area contributed by atoms with Gasteiger partial charge >= 0.3 is 6.03 Å². The smallest absolute Gasteiger partial charge is 0.326 e. The molecule has 148 valence electrons. The molecule has 0 saturated carbocycles. The average Bonchev–Trinajstić information content (AvgIpc) is 2.90. The number of morpholine rings is 1. The van der Waals surface area contributed by atoms with E-state index < -0.39 is 5.54 Å². The van der Waals surface area contributed by atoms with Gasteiger partial charge in [-0.3, -0.25) is 9.69 Å². The van der Waals surface area contributed by atoms with Crippen LogP contribution in [0.5, 0.6) is 5.75 Å². The fraction of sp³-hybridized carbons (Fsp3) is 0.600. The molecule has 2 aliphatic rings. The van der Waals surface area contributed by atoms with Gasteiger partial charge in [-0.2, -0.15) is 0 Å². The van der Waals surface area contributed by atoms with Crippen LogP contribution in [0.4, 0.5) is 4.79 Å². The molecule has 1 N–H and O–H groups in total. The average molecular weight is 375 g/mol. The molecule has 1 unspecified atom stereocenters. The van der Waals surface area contributed by atoms with E-state index in [9.17, 15) is 9.59 Å². The third kappa shape index (κ3) is 4.42. The second kappa shape index (κ2) is 8.71. The van der Waals surface area contributed by atoms with Crippen molar-refractivity contribution in [1.29, 1.82) is 0 Å². The molecule has 0 spiro atoms. The molecule has 2 heterocycles. The normalized spacial score (nSPS) is 23.6. The third-order valence-corrected chi connectivity index (χ3v) is 5.17. The van der Waals surface area contributed by atoms with Crippen molar-refractivity contribution < 1.29 is 19.1 Å². The van der Waals surface area contributed by atoms with Crippen LogP contribution in [0, 0.1) is 0 Å². The maximum Gasteiger partial charge on any atom is 0.326 e. The van der Waals surface area contributed by atoms with Crippen LogP contribution in [0.15, 0.2) is 24.3 Å². The number of rotatable bonds is 8. The zero-order valence-electron chi connectivity index (χ0n) is 16.2. The lowest BCUT2D eigenvalue weighted by molar-refractivity contribution is -0.133. The van der Waals surface area contributed by atoms with Gasteiger partial charge in [0.2, 0.25) is 0 Å². The van der Waals surface area contributed by atoms with Gasteiger partial charge in [0, 0.05) is 13.1 Å². The molecule has 3 rings (SSSR count). The van der Waals surface area contributed by atoms with Gasteiger partial charge in [0.1, 0.15) is 11.3 Å². The van der Waals surface area contributed by atoms with E-state index in [4.69, 9.17) is 9.47 Å². The fourth-order valence-electron chi connectivity index (χ4n) is 3.39. The summed E-state index contributed by atoms with van der Waals surface area (Å²) >= 11 is 0. The molecule has 1 atom stereocenters. The SMILES string of the molecule is CCCCCOc1ccc(C2(C)NC(=O)N(CN3CCOCC3)C2=O)cc1. The number of imide groups is 1. The summed E-state index contributed by atoms with van der Waals surface area (Å²) in [6.07, 6.45) is 3.33. The molecule has 0 bridgehead atoms. The number of carbonyl (C=O) groups excluding carboxylic acids is 2. The second-order valence-corrected chi connectivity index (χ2v) is 7.24. The Morgan fingerprint density at radius 3 is 2.52 bits per heavy atom. The summed E-state index contributed by atoms with van der Waals surface area (Å²) in [5, 5.41) is 2.85. The number of benzene rings is 1. The van der Waals surface area contributed by atoms with Gasteiger partial charge in [-0.1, -0.05) is 31.9 Å². The first-order valence-electron chi connectivity index (χ1n) is 9.72. The molecular weight excluding hydrogens is 346 g/mol. The first kappa shape index (κ1) is 19.6. The Bertz CT molecular complexity index is 658. The zero-order valence-corrected chi connectivity index (χ0v) is 16.2. The van der Waals surface area contributed by atoms with Gasteiger partial charge in [-0.05, 0) is 31.0 Å². The van der Waals surface area contributed by atoms with Gasteiger partial charge in [0.25, 0.3) is 5.91 Å². The molecule has 27 heavy (non-hydrogen) atoms. The minimum atomic E-state index is -1.05. The Morgan fingerprint density at radius 1 is 1.15 bits per heavy atom. The summed E-state index contributed by atoms with van der Waals surface area (Å²) in [6.45, 7) is 7.58. The van der Waals surface area contributed by atoms with E-state index in [0.717, 1.165) is 43.7 Å². The summed E-state index contributed by atoms with van der Waals surface area (Å²) in [7, 11) is 0. The van der Waals surface area contributed by atoms with Crippen LogP contribution >= 0.6 is 0 Å². The number of unbranched alkanes of at least 4 members (excludes halogenated alkanes) is 2. The van der Waals surface area contributed by atoms with Crippen LogP contribution in [0.3, 0.4) is 0 Å². The van der Waals surface area contributed by atoms with Crippen LogP contribution in [0.1, 0.15) is 38.7 Å². The molecule has 0 aromatic heterocycles. The minimum absolute atomic E-state index is 0.226. The Labute approximate surface area is 160 Å². The van der Waals surface area contributed by atoms with Gasteiger partial charge in [0.05, 0.1) is 26.5 Å². The minimum Gasteiger partial charge on any atom is -0.494 e. The molecule has 1 aromatic rings. The fourth-order valence-corrected chi connectivity index (χ4v) is 3.39. The van der Waals surface area contributed by atoms with Crippen LogP contribution in [-0.4, -0.2) is 61.3 Å². The predicted octanol–water partition coefficient (Wildman–Crippen LogP) is 2.31. The first-order valence-corrected chi connectivity index (χ1v) is 9.72. The number of ether oxygens (including phenoxy) is 2. The predicted molar refractivity (Wildman–Crippen MR) is 101 cm³/mol. The van der Waals surface area contributed by atoms with E-state index in [0.29, 0.717) is 26.5 Å². The molecule has 7 heteroatoms. The maximum atomic E-state index is 13.0.